The summed E-state index contributed by atoms with van der Waals surface area (Å²) in [7, 11) is 3.15. The summed E-state index contributed by atoms with van der Waals surface area (Å²) in [6.45, 7) is 2.08. The molecule has 1 aliphatic heterocycles. The van der Waals surface area contributed by atoms with Crippen LogP contribution in [-0.4, -0.2) is 31.8 Å². The van der Waals surface area contributed by atoms with Gasteiger partial charge in [-0.1, -0.05) is 37.3 Å². The molecule has 170 valence electrons. The van der Waals surface area contributed by atoms with Crippen LogP contribution >= 0.6 is 11.8 Å². The van der Waals surface area contributed by atoms with Gasteiger partial charge in [-0.2, -0.15) is 0 Å². The summed E-state index contributed by atoms with van der Waals surface area (Å²) in [4.78, 5) is 27.6. The lowest BCUT2D eigenvalue weighted by Gasteiger charge is -2.27. The molecular weight excluding hydrogens is 436 g/mol. The minimum Gasteiger partial charge on any atom is -0.497 e. The largest absolute Gasteiger partial charge is 0.497 e. The van der Waals surface area contributed by atoms with E-state index in [9.17, 15) is 9.59 Å². The number of thioether (sulfide) groups is 1. The highest BCUT2D eigenvalue weighted by molar-refractivity contribution is 8.00. The molecule has 0 spiro atoms. The standard InChI is InChI=1S/C26H26N2O4S/c1-4-17-9-11-18(12-10-17)25(30)27-21-8-6-5-7-20(21)26-28(24(29)16-33-26)22-14-13-19(31-2)15-23(22)32-3/h5-15,26H,4,16H2,1-3H3,(H,27,30)/t26-/m0/s1. The fourth-order valence-electron chi connectivity index (χ4n) is 3.81. The highest BCUT2D eigenvalue weighted by atomic mass is 32.2. The molecular formula is C26H26N2O4S. The number of carbonyl (C=O) groups excluding carboxylic acids is 2. The van der Waals surface area contributed by atoms with Crippen molar-refractivity contribution in [1.29, 1.82) is 0 Å². The summed E-state index contributed by atoms with van der Waals surface area (Å²) in [6, 6.07) is 20.6. The maximum atomic E-state index is 12.9. The molecule has 2 amide bonds. The van der Waals surface area contributed by atoms with Crippen molar-refractivity contribution in [3.63, 3.8) is 0 Å². The van der Waals surface area contributed by atoms with E-state index in [1.807, 2.05) is 54.6 Å². The number of aryl methyl sites for hydroxylation is 1. The number of hydrogen-bond acceptors (Lipinski definition) is 5. The van der Waals surface area contributed by atoms with Gasteiger partial charge in [0.25, 0.3) is 5.91 Å². The molecule has 0 saturated carbocycles. The third-order valence-electron chi connectivity index (χ3n) is 5.61. The Bertz CT molecular complexity index is 1160. The Morgan fingerprint density at radius 1 is 1.06 bits per heavy atom. The highest BCUT2D eigenvalue weighted by Gasteiger charge is 2.37. The number of anilines is 2. The van der Waals surface area contributed by atoms with E-state index in [1.54, 1.807) is 31.3 Å². The van der Waals surface area contributed by atoms with Crippen LogP contribution in [0, 0.1) is 0 Å². The lowest BCUT2D eigenvalue weighted by Crippen LogP contribution is -2.29. The average molecular weight is 463 g/mol. The summed E-state index contributed by atoms with van der Waals surface area (Å²) in [5, 5.41) is 2.73. The number of ether oxygens (including phenoxy) is 2. The number of hydrogen-bond donors (Lipinski definition) is 1. The topological polar surface area (TPSA) is 67.9 Å². The van der Waals surface area contributed by atoms with Crippen molar-refractivity contribution in [3.8, 4) is 11.5 Å². The number of nitrogens with zero attached hydrogens (tertiary/aromatic N) is 1. The number of benzene rings is 3. The Balaban J connectivity index is 1.66. The number of rotatable bonds is 7. The second kappa shape index (κ2) is 10.0. The Morgan fingerprint density at radius 3 is 2.52 bits per heavy atom. The third-order valence-corrected chi connectivity index (χ3v) is 6.81. The van der Waals surface area contributed by atoms with Crippen LogP contribution in [0.2, 0.25) is 0 Å². The van der Waals surface area contributed by atoms with E-state index in [0.29, 0.717) is 34.2 Å². The van der Waals surface area contributed by atoms with Gasteiger partial charge in [0, 0.05) is 22.9 Å². The van der Waals surface area contributed by atoms with Crippen LogP contribution < -0.4 is 19.7 Å². The molecule has 0 radical (unpaired) electrons. The number of carbonyl (C=O) groups is 2. The van der Waals surface area contributed by atoms with Crippen LogP contribution in [0.15, 0.2) is 66.7 Å². The Morgan fingerprint density at radius 2 is 1.82 bits per heavy atom. The molecule has 1 fully saturated rings. The second-order valence-electron chi connectivity index (χ2n) is 7.56. The quantitative estimate of drug-likeness (QED) is 0.516. The van der Waals surface area contributed by atoms with Gasteiger partial charge in [0.05, 0.1) is 25.7 Å². The molecule has 4 rings (SSSR count). The zero-order valence-electron chi connectivity index (χ0n) is 18.8. The summed E-state index contributed by atoms with van der Waals surface area (Å²) in [6.07, 6.45) is 0.919. The van der Waals surface area contributed by atoms with Gasteiger partial charge in [-0.15, -0.1) is 11.8 Å². The summed E-state index contributed by atoms with van der Waals surface area (Å²) >= 11 is 1.52. The van der Waals surface area contributed by atoms with E-state index in [1.165, 1.54) is 17.3 Å². The highest BCUT2D eigenvalue weighted by Crippen LogP contribution is 2.47. The Hall–Kier alpha value is -3.45. The summed E-state index contributed by atoms with van der Waals surface area (Å²) in [5.41, 5.74) is 3.95. The molecule has 1 saturated heterocycles. The van der Waals surface area contributed by atoms with Crippen LogP contribution in [-0.2, 0) is 11.2 Å². The van der Waals surface area contributed by atoms with Gasteiger partial charge in [0.15, 0.2) is 0 Å². The molecule has 33 heavy (non-hydrogen) atoms. The van der Waals surface area contributed by atoms with Gasteiger partial charge in [0.2, 0.25) is 5.91 Å². The first kappa shape index (κ1) is 22.7. The van der Waals surface area contributed by atoms with Crippen molar-refractivity contribution >= 4 is 35.0 Å². The smallest absolute Gasteiger partial charge is 0.255 e. The molecule has 0 aliphatic carbocycles. The van der Waals surface area contributed by atoms with E-state index in [-0.39, 0.29) is 17.2 Å². The van der Waals surface area contributed by atoms with Crippen LogP contribution in [0.4, 0.5) is 11.4 Å². The molecule has 3 aromatic rings. The molecule has 0 unspecified atom stereocenters. The number of methoxy groups -OCH3 is 2. The van der Waals surface area contributed by atoms with Crippen molar-refractivity contribution < 1.29 is 19.1 Å². The molecule has 6 nitrogen and oxygen atoms in total. The van der Waals surface area contributed by atoms with Crippen molar-refractivity contribution in [2.24, 2.45) is 0 Å². The zero-order valence-corrected chi connectivity index (χ0v) is 19.6. The minimum absolute atomic E-state index is 0.0234. The maximum absolute atomic E-state index is 12.9. The molecule has 1 N–H and O–H groups in total. The van der Waals surface area contributed by atoms with E-state index < -0.39 is 0 Å². The number of para-hydroxylation sites is 1. The van der Waals surface area contributed by atoms with Gasteiger partial charge in [-0.05, 0) is 42.3 Å². The molecule has 0 aromatic heterocycles. The van der Waals surface area contributed by atoms with Crippen LogP contribution in [0.5, 0.6) is 11.5 Å². The lowest BCUT2D eigenvalue weighted by molar-refractivity contribution is -0.115. The van der Waals surface area contributed by atoms with Gasteiger partial charge in [-0.3, -0.25) is 14.5 Å². The van der Waals surface area contributed by atoms with E-state index in [2.05, 4.69) is 12.2 Å². The van der Waals surface area contributed by atoms with Gasteiger partial charge < -0.3 is 14.8 Å². The first-order valence-electron chi connectivity index (χ1n) is 10.7. The van der Waals surface area contributed by atoms with E-state index in [4.69, 9.17) is 9.47 Å². The van der Waals surface area contributed by atoms with Gasteiger partial charge in [-0.25, -0.2) is 0 Å². The first-order chi connectivity index (χ1) is 16.0. The summed E-state index contributed by atoms with van der Waals surface area (Å²) < 4.78 is 10.8. The fraction of sp³-hybridized carbons (Fsp3) is 0.231. The predicted octanol–water partition coefficient (Wildman–Crippen LogP) is 5.30. The van der Waals surface area contributed by atoms with Crippen molar-refractivity contribution in [1.82, 2.24) is 0 Å². The van der Waals surface area contributed by atoms with Crippen LogP contribution in [0.3, 0.4) is 0 Å². The molecule has 3 aromatic carbocycles. The monoisotopic (exact) mass is 462 g/mol. The number of nitrogens with one attached hydrogen (secondary N) is 1. The zero-order chi connectivity index (χ0) is 23.4. The van der Waals surface area contributed by atoms with Crippen molar-refractivity contribution in [2.45, 2.75) is 18.7 Å². The Kier molecular flexibility index (Phi) is 6.89. The molecule has 1 aliphatic rings. The lowest BCUT2D eigenvalue weighted by atomic mass is 10.1. The fourth-order valence-corrected chi connectivity index (χ4v) is 5.02. The third kappa shape index (κ3) is 4.68. The van der Waals surface area contributed by atoms with Gasteiger partial charge in [0.1, 0.15) is 16.9 Å². The van der Waals surface area contributed by atoms with Gasteiger partial charge >= 0.3 is 0 Å². The normalized spacial score (nSPS) is 15.4. The number of amides is 2. The SMILES string of the molecule is CCc1ccc(C(=O)Nc2ccccc2[C@@H]2SCC(=O)N2c2ccc(OC)cc2OC)cc1. The van der Waals surface area contributed by atoms with Crippen molar-refractivity contribution in [3.05, 3.63) is 83.4 Å². The molecule has 7 heteroatoms. The molecule has 1 heterocycles. The van der Waals surface area contributed by atoms with Crippen LogP contribution in [0.1, 0.15) is 33.8 Å². The van der Waals surface area contributed by atoms with E-state index in [0.717, 1.165) is 12.0 Å². The average Bonchev–Trinajstić information content (AvgIpc) is 3.24. The predicted molar refractivity (Wildman–Crippen MR) is 132 cm³/mol. The molecule has 0 bridgehead atoms. The first-order valence-corrected chi connectivity index (χ1v) is 11.8. The van der Waals surface area contributed by atoms with Crippen molar-refractivity contribution in [2.75, 3.05) is 30.2 Å². The van der Waals surface area contributed by atoms with E-state index >= 15 is 0 Å². The second-order valence-corrected chi connectivity index (χ2v) is 8.63. The maximum Gasteiger partial charge on any atom is 0.255 e. The minimum atomic E-state index is -0.307. The molecule has 1 atom stereocenters. The Labute approximate surface area is 197 Å². The van der Waals surface area contributed by atoms with Crippen LogP contribution in [0.25, 0.3) is 0 Å². The summed E-state index contributed by atoms with van der Waals surface area (Å²) in [5.74, 6) is 1.32.